The van der Waals surface area contributed by atoms with Crippen molar-refractivity contribution in [2.45, 2.75) is 58.4 Å². The summed E-state index contributed by atoms with van der Waals surface area (Å²) in [5.74, 6) is 1.26. The van der Waals surface area contributed by atoms with Gasteiger partial charge >= 0.3 is 0 Å². The molecule has 0 bridgehead atoms. The molecular formula is C20H28N4OS. The van der Waals surface area contributed by atoms with Gasteiger partial charge in [-0.05, 0) is 40.7 Å². The predicted octanol–water partition coefficient (Wildman–Crippen LogP) is 4.18. The van der Waals surface area contributed by atoms with Crippen molar-refractivity contribution in [2.24, 2.45) is 0 Å². The Balaban J connectivity index is 2.22. The van der Waals surface area contributed by atoms with Gasteiger partial charge in [0.15, 0.2) is 11.0 Å². The van der Waals surface area contributed by atoms with Crippen molar-refractivity contribution >= 4 is 17.7 Å². The van der Waals surface area contributed by atoms with Gasteiger partial charge in [0.1, 0.15) is 0 Å². The van der Waals surface area contributed by atoms with Crippen LogP contribution in [0.4, 0.5) is 0 Å². The molecule has 0 radical (unpaired) electrons. The molecule has 0 saturated carbocycles. The van der Waals surface area contributed by atoms with E-state index in [0.29, 0.717) is 12.3 Å². The van der Waals surface area contributed by atoms with Crippen molar-refractivity contribution in [3.8, 4) is 11.4 Å². The first-order chi connectivity index (χ1) is 12.3. The maximum Gasteiger partial charge on any atom is 0.233 e. The van der Waals surface area contributed by atoms with Crippen LogP contribution in [0.5, 0.6) is 0 Å². The Morgan fingerprint density at radius 2 is 1.96 bits per heavy atom. The van der Waals surface area contributed by atoms with Gasteiger partial charge in [0.05, 0.1) is 5.75 Å². The molecular weight excluding hydrogens is 344 g/mol. The van der Waals surface area contributed by atoms with Crippen LogP contribution in [0.15, 0.2) is 42.1 Å². The highest BCUT2D eigenvalue weighted by Gasteiger charge is 2.21. The van der Waals surface area contributed by atoms with Gasteiger partial charge in [-0.15, -0.1) is 16.8 Å². The molecule has 26 heavy (non-hydrogen) atoms. The average molecular weight is 373 g/mol. The minimum absolute atomic E-state index is 0.116. The van der Waals surface area contributed by atoms with E-state index >= 15 is 0 Å². The second-order valence-corrected chi connectivity index (χ2v) is 7.79. The molecule has 0 N–H and O–H groups in total. The first-order valence-corrected chi connectivity index (χ1v) is 9.88. The number of hydrogen-bond acceptors (Lipinski definition) is 4. The third kappa shape index (κ3) is 4.75. The van der Waals surface area contributed by atoms with Crippen LogP contribution in [0.2, 0.25) is 0 Å². The monoisotopic (exact) mass is 372 g/mol. The van der Waals surface area contributed by atoms with Gasteiger partial charge in [-0.1, -0.05) is 41.6 Å². The topological polar surface area (TPSA) is 51.0 Å². The highest BCUT2D eigenvalue weighted by molar-refractivity contribution is 7.99. The van der Waals surface area contributed by atoms with Gasteiger partial charge in [-0.2, -0.15) is 0 Å². The molecule has 0 aliphatic carbocycles. The molecule has 0 spiro atoms. The second-order valence-electron chi connectivity index (χ2n) is 6.85. The Morgan fingerprint density at radius 1 is 1.27 bits per heavy atom. The van der Waals surface area contributed by atoms with E-state index in [2.05, 4.69) is 35.8 Å². The molecule has 140 valence electrons. The van der Waals surface area contributed by atoms with Crippen LogP contribution in [0.1, 0.15) is 33.3 Å². The van der Waals surface area contributed by atoms with E-state index in [1.54, 1.807) is 0 Å². The maximum atomic E-state index is 12.6. The van der Waals surface area contributed by atoms with Crippen LogP contribution < -0.4 is 0 Å². The van der Waals surface area contributed by atoms with Crippen molar-refractivity contribution in [3.05, 3.63) is 42.5 Å². The Kier molecular flexibility index (Phi) is 7.03. The van der Waals surface area contributed by atoms with E-state index < -0.39 is 0 Å². The molecule has 1 aromatic heterocycles. The quantitative estimate of drug-likeness (QED) is 0.515. The number of carbonyl (C=O) groups excluding carboxylic acids is 1. The molecule has 0 fully saturated rings. The Labute approximate surface area is 160 Å². The highest BCUT2D eigenvalue weighted by atomic mass is 32.2. The largest absolute Gasteiger partial charge is 0.337 e. The van der Waals surface area contributed by atoms with E-state index in [-0.39, 0.29) is 18.0 Å². The van der Waals surface area contributed by atoms with E-state index in [9.17, 15) is 4.79 Å². The average Bonchev–Trinajstić information content (AvgIpc) is 2.95. The normalized spacial score (nSPS) is 11.2. The predicted molar refractivity (Wildman–Crippen MR) is 108 cm³/mol. The standard InChI is InChI=1S/C20H28N4OS/c1-7-11-23-19(17-10-8-9-16(6)12-17)21-22-20(23)26-13-18(25)24(14(2)3)15(4)5/h7-10,12,14-15H,1,11,13H2,2-6H3. The van der Waals surface area contributed by atoms with Crippen LogP contribution in [0, 0.1) is 6.92 Å². The number of carbonyl (C=O) groups is 1. The first kappa shape index (κ1) is 20.2. The number of nitrogens with zero attached hydrogens (tertiary/aromatic N) is 4. The van der Waals surface area contributed by atoms with E-state index in [1.807, 2.05) is 55.4 Å². The number of amides is 1. The van der Waals surface area contributed by atoms with Gasteiger partial charge < -0.3 is 4.90 Å². The minimum Gasteiger partial charge on any atom is -0.337 e. The van der Waals surface area contributed by atoms with Gasteiger partial charge in [-0.25, -0.2) is 0 Å². The fourth-order valence-electron chi connectivity index (χ4n) is 3.06. The first-order valence-electron chi connectivity index (χ1n) is 8.90. The van der Waals surface area contributed by atoms with Crippen LogP contribution in [-0.4, -0.2) is 43.4 Å². The summed E-state index contributed by atoms with van der Waals surface area (Å²) in [7, 11) is 0. The zero-order chi connectivity index (χ0) is 19.3. The number of hydrogen-bond donors (Lipinski definition) is 0. The lowest BCUT2D eigenvalue weighted by Gasteiger charge is -2.30. The number of aromatic nitrogens is 3. The third-order valence-electron chi connectivity index (χ3n) is 4.03. The van der Waals surface area contributed by atoms with Gasteiger partial charge in [-0.3, -0.25) is 9.36 Å². The van der Waals surface area contributed by atoms with Crippen molar-refractivity contribution in [3.63, 3.8) is 0 Å². The summed E-state index contributed by atoms with van der Waals surface area (Å²) < 4.78 is 2.01. The third-order valence-corrected chi connectivity index (χ3v) is 4.98. The molecule has 2 aromatic rings. The van der Waals surface area contributed by atoms with E-state index in [1.165, 1.54) is 17.3 Å². The van der Waals surface area contributed by atoms with Crippen LogP contribution in [0.3, 0.4) is 0 Å². The molecule has 6 heteroatoms. The Morgan fingerprint density at radius 3 is 2.54 bits per heavy atom. The molecule has 1 heterocycles. The van der Waals surface area contributed by atoms with Crippen molar-refractivity contribution in [2.75, 3.05) is 5.75 Å². The number of benzene rings is 1. The fraction of sp³-hybridized carbons (Fsp3) is 0.450. The summed E-state index contributed by atoms with van der Waals surface area (Å²) >= 11 is 1.43. The molecule has 0 aliphatic heterocycles. The SMILES string of the molecule is C=CCn1c(SCC(=O)N(C(C)C)C(C)C)nnc1-c1cccc(C)c1. The molecule has 5 nitrogen and oxygen atoms in total. The van der Waals surface area contributed by atoms with Gasteiger partial charge in [0.25, 0.3) is 0 Å². The molecule has 1 amide bonds. The number of rotatable bonds is 8. The maximum absolute atomic E-state index is 12.6. The fourth-order valence-corrected chi connectivity index (χ4v) is 3.88. The van der Waals surface area contributed by atoms with Crippen LogP contribution in [-0.2, 0) is 11.3 Å². The van der Waals surface area contributed by atoms with Crippen LogP contribution >= 0.6 is 11.8 Å². The van der Waals surface area contributed by atoms with E-state index in [4.69, 9.17) is 0 Å². The zero-order valence-electron chi connectivity index (χ0n) is 16.3. The number of aryl methyl sites for hydroxylation is 1. The van der Waals surface area contributed by atoms with Crippen molar-refractivity contribution < 1.29 is 4.79 Å². The molecule has 0 saturated heterocycles. The Bertz CT molecular complexity index is 759. The zero-order valence-corrected chi connectivity index (χ0v) is 17.1. The van der Waals surface area contributed by atoms with Gasteiger partial charge in [0, 0.05) is 24.2 Å². The lowest BCUT2D eigenvalue weighted by atomic mass is 10.1. The smallest absolute Gasteiger partial charge is 0.233 e. The summed E-state index contributed by atoms with van der Waals surface area (Å²) in [5.41, 5.74) is 2.19. The summed E-state index contributed by atoms with van der Waals surface area (Å²) in [6, 6.07) is 8.53. The molecule has 0 atom stereocenters. The van der Waals surface area contributed by atoms with Crippen LogP contribution in [0.25, 0.3) is 11.4 Å². The van der Waals surface area contributed by atoms with E-state index in [0.717, 1.165) is 16.5 Å². The van der Waals surface area contributed by atoms with Gasteiger partial charge in [0.2, 0.25) is 5.91 Å². The summed E-state index contributed by atoms with van der Waals surface area (Å²) in [5, 5.41) is 9.42. The number of allylic oxidation sites excluding steroid dienone is 1. The molecule has 1 aromatic carbocycles. The summed E-state index contributed by atoms with van der Waals surface area (Å²) in [4.78, 5) is 14.5. The molecule has 0 unspecified atom stereocenters. The van der Waals surface area contributed by atoms with Crippen molar-refractivity contribution in [1.82, 2.24) is 19.7 Å². The minimum atomic E-state index is 0.116. The van der Waals surface area contributed by atoms with Crippen molar-refractivity contribution in [1.29, 1.82) is 0 Å². The summed E-state index contributed by atoms with van der Waals surface area (Å²) in [6.07, 6.45) is 1.82. The number of thioether (sulfide) groups is 1. The lowest BCUT2D eigenvalue weighted by molar-refractivity contribution is -0.131. The summed E-state index contributed by atoms with van der Waals surface area (Å²) in [6.45, 7) is 14.7. The molecule has 0 aliphatic rings. The Hall–Kier alpha value is -2.08. The highest BCUT2D eigenvalue weighted by Crippen LogP contribution is 2.25. The molecule has 2 rings (SSSR count). The second kappa shape index (κ2) is 9.03. The lowest BCUT2D eigenvalue weighted by Crippen LogP contribution is -2.43.